The minimum atomic E-state index is -0.204. The van der Waals surface area contributed by atoms with Crippen LogP contribution in [0.15, 0.2) is 36.5 Å². The molecule has 1 atom stereocenters. The number of pyridine rings is 1. The van der Waals surface area contributed by atoms with Crippen LogP contribution in [0.2, 0.25) is 0 Å². The van der Waals surface area contributed by atoms with Crippen LogP contribution in [0.4, 0.5) is 11.5 Å². The Morgan fingerprint density at radius 2 is 2.00 bits per heavy atom. The van der Waals surface area contributed by atoms with Gasteiger partial charge in [0.2, 0.25) is 0 Å². The van der Waals surface area contributed by atoms with Crippen LogP contribution in [0.25, 0.3) is 0 Å². The van der Waals surface area contributed by atoms with E-state index in [4.69, 9.17) is 14.2 Å². The van der Waals surface area contributed by atoms with Gasteiger partial charge in [-0.15, -0.1) is 0 Å². The minimum Gasteiger partial charge on any atom is -0.486 e. The van der Waals surface area contributed by atoms with Gasteiger partial charge in [0.05, 0.1) is 6.10 Å². The van der Waals surface area contributed by atoms with Crippen LogP contribution in [0, 0.1) is 0 Å². The molecule has 0 radical (unpaired) electrons. The third-order valence-corrected chi connectivity index (χ3v) is 4.36. The summed E-state index contributed by atoms with van der Waals surface area (Å²) in [6.07, 6.45) is 3.98. The average molecular weight is 355 g/mol. The molecule has 136 valence electrons. The molecule has 7 heteroatoms. The molecule has 2 N–H and O–H groups in total. The van der Waals surface area contributed by atoms with Crippen molar-refractivity contribution in [2.75, 3.05) is 37.0 Å². The van der Waals surface area contributed by atoms with Gasteiger partial charge in [-0.1, -0.05) is 0 Å². The van der Waals surface area contributed by atoms with Crippen LogP contribution in [0.3, 0.4) is 0 Å². The molecule has 1 aromatic carbocycles. The highest BCUT2D eigenvalue weighted by molar-refractivity contribution is 6.04. The molecule has 0 aliphatic carbocycles. The molecule has 0 saturated carbocycles. The van der Waals surface area contributed by atoms with Crippen molar-refractivity contribution in [1.29, 1.82) is 0 Å². The molecule has 0 bridgehead atoms. The molecule has 2 aliphatic rings. The number of hydrogen-bond donors (Lipinski definition) is 2. The van der Waals surface area contributed by atoms with Crippen LogP contribution in [0.1, 0.15) is 23.2 Å². The van der Waals surface area contributed by atoms with Gasteiger partial charge < -0.3 is 24.8 Å². The molecule has 1 unspecified atom stereocenters. The summed E-state index contributed by atoms with van der Waals surface area (Å²) in [7, 11) is 0. The third kappa shape index (κ3) is 3.88. The van der Waals surface area contributed by atoms with Crippen LogP contribution in [-0.2, 0) is 4.74 Å². The van der Waals surface area contributed by atoms with Gasteiger partial charge >= 0.3 is 0 Å². The summed E-state index contributed by atoms with van der Waals surface area (Å²) < 4.78 is 16.6. The summed E-state index contributed by atoms with van der Waals surface area (Å²) in [6, 6.07) is 8.78. The number of nitrogens with zero attached hydrogens (tertiary/aromatic N) is 1. The standard InChI is InChI=1S/C19H21N3O4/c23-19(22-14-3-4-16-17(11-14)26-9-8-25-16)13-5-6-20-18(10-13)21-12-15-2-1-7-24-15/h3-6,10-11,15H,1-2,7-9,12H2,(H,20,21)(H,22,23). The quantitative estimate of drug-likeness (QED) is 0.858. The van der Waals surface area contributed by atoms with Gasteiger partial charge in [-0.25, -0.2) is 4.98 Å². The first kappa shape index (κ1) is 16.7. The van der Waals surface area contributed by atoms with E-state index >= 15 is 0 Å². The number of nitrogens with one attached hydrogen (secondary N) is 2. The lowest BCUT2D eigenvalue weighted by atomic mass is 10.2. The third-order valence-electron chi connectivity index (χ3n) is 4.36. The van der Waals surface area contributed by atoms with Gasteiger partial charge in [-0.2, -0.15) is 0 Å². The lowest BCUT2D eigenvalue weighted by molar-refractivity contribution is 0.102. The average Bonchev–Trinajstić information content (AvgIpc) is 3.20. The van der Waals surface area contributed by atoms with Crippen molar-refractivity contribution in [1.82, 2.24) is 4.98 Å². The van der Waals surface area contributed by atoms with Crippen molar-refractivity contribution in [3.05, 3.63) is 42.1 Å². The lowest BCUT2D eigenvalue weighted by Crippen LogP contribution is -2.19. The number of carbonyl (C=O) groups is 1. The topological polar surface area (TPSA) is 81.7 Å². The summed E-state index contributed by atoms with van der Waals surface area (Å²) in [4.78, 5) is 16.8. The van der Waals surface area contributed by atoms with E-state index in [1.807, 2.05) is 0 Å². The summed E-state index contributed by atoms with van der Waals surface area (Å²) in [5.41, 5.74) is 1.19. The van der Waals surface area contributed by atoms with Crippen molar-refractivity contribution in [2.45, 2.75) is 18.9 Å². The SMILES string of the molecule is O=C(Nc1ccc2c(c1)OCCO2)c1ccnc(NCC2CCCO2)c1. The number of amides is 1. The van der Waals surface area contributed by atoms with Crippen LogP contribution in [-0.4, -0.2) is 43.4 Å². The maximum absolute atomic E-state index is 12.5. The largest absolute Gasteiger partial charge is 0.486 e. The first-order chi connectivity index (χ1) is 12.8. The molecule has 0 spiro atoms. The highest BCUT2D eigenvalue weighted by Gasteiger charge is 2.16. The first-order valence-electron chi connectivity index (χ1n) is 8.80. The van der Waals surface area contributed by atoms with Crippen molar-refractivity contribution in [3.63, 3.8) is 0 Å². The zero-order valence-electron chi connectivity index (χ0n) is 14.4. The Hall–Kier alpha value is -2.80. The molecule has 2 aliphatic heterocycles. The zero-order chi connectivity index (χ0) is 17.8. The van der Waals surface area contributed by atoms with Gasteiger partial charge in [-0.3, -0.25) is 4.79 Å². The zero-order valence-corrected chi connectivity index (χ0v) is 14.4. The highest BCUT2D eigenvalue weighted by atomic mass is 16.6. The molecule has 2 aromatic rings. The maximum Gasteiger partial charge on any atom is 0.255 e. The summed E-state index contributed by atoms with van der Waals surface area (Å²) >= 11 is 0. The van der Waals surface area contributed by atoms with Crippen LogP contribution < -0.4 is 20.1 Å². The minimum absolute atomic E-state index is 0.204. The molecule has 4 rings (SSSR count). The monoisotopic (exact) mass is 355 g/mol. The van der Waals surface area contributed by atoms with Gasteiger partial charge in [0.15, 0.2) is 11.5 Å². The Labute approximate surface area is 151 Å². The number of anilines is 2. The maximum atomic E-state index is 12.5. The number of benzene rings is 1. The fourth-order valence-electron chi connectivity index (χ4n) is 3.02. The number of ether oxygens (including phenoxy) is 3. The van der Waals surface area contributed by atoms with Gasteiger partial charge in [0.25, 0.3) is 5.91 Å². The lowest BCUT2D eigenvalue weighted by Gasteiger charge is -2.19. The number of carbonyl (C=O) groups excluding carboxylic acids is 1. The van der Waals surface area contributed by atoms with Crippen molar-refractivity contribution < 1.29 is 19.0 Å². The van der Waals surface area contributed by atoms with Gasteiger partial charge in [0, 0.05) is 36.7 Å². The molecular formula is C19H21N3O4. The van der Waals surface area contributed by atoms with Crippen molar-refractivity contribution in [2.24, 2.45) is 0 Å². The Kier molecular flexibility index (Phi) is 4.88. The molecule has 1 amide bonds. The highest BCUT2D eigenvalue weighted by Crippen LogP contribution is 2.32. The summed E-state index contributed by atoms with van der Waals surface area (Å²) in [5, 5.41) is 6.11. The number of rotatable bonds is 5. The molecule has 7 nitrogen and oxygen atoms in total. The van der Waals surface area contributed by atoms with Crippen molar-refractivity contribution >= 4 is 17.4 Å². The molecular weight excluding hydrogens is 334 g/mol. The fraction of sp³-hybridized carbons (Fsp3) is 0.368. The van der Waals surface area contributed by atoms with E-state index < -0.39 is 0 Å². The van der Waals surface area contributed by atoms with Crippen LogP contribution >= 0.6 is 0 Å². The van der Waals surface area contributed by atoms with E-state index in [0.717, 1.165) is 19.4 Å². The Bertz CT molecular complexity index is 790. The summed E-state index contributed by atoms with van der Waals surface area (Å²) in [5.74, 6) is 1.79. The fourth-order valence-corrected chi connectivity index (χ4v) is 3.02. The predicted octanol–water partition coefficient (Wildman–Crippen LogP) is 2.70. The number of hydrogen-bond acceptors (Lipinski definition) is 6. The Balaban J connectivity index is 1.40. The van der Waals surface area contributed by atoms with E-state index in [0.29, 0.717) is 48.3 Å². The van der Waals surface area contributed by atoms with E-state index in [9.17, 15) is 4.79 Å². The Morgan fingerprint density at radius 3 is 2.85 bits per heavy atom. The van der Waals surface area contributed by atoms with Gasteiger partial charge in [-0.05, 0) is 37.1 Å². The molecule has 3 heterocycles. The smallest absolute Gasteiger partial charge is 0.255 e. The van der Waals surface area contributed by atoms with E-state index in [1.54, 1.807) is 36.5 Å². The molecule has 1 saturated heterocycles. The van der Waals surface area contributed by atoms with E-state index in [-0.39, 0.29) is 12.0 Å². The second-order valence-electron chi connectivity index (χ2n) is 6.26. The van der Waals surface area contributed by atoms with Crippen molar-refractivity contribution in [3.8, 4) is 11.5 Å². The van der Waals surface area contributed by atoms with E-state index in [2.05, 4.69) is 15.6 Å². The first-order valence-corrected chi connectivity index (χ1v) is 8.80. The van der Waals surface area contributed by atoms with Crippen LogP contribution in [0.5, 0.6) is 11.5 Å². The number of fused-ring (bicyclic) bond motifs is 1. The number of aromatic nitrogens is 1. The second-order valence-corrected chi connectivity index (χ2v) is 6.26. The second kappa shape index (κ2) is 7.61. The predicted molar refractivity (Wildman–Crippen MR) is 97.1 cm³/mol. The van der Waals surface area contributed by atoms with Gasteiger partial charge in [0.1, 0.15) is 19.0 Å². The molecule has 1 aromatic heterocycles. The van der Waals surface area contributed by atoms with E-state index in [1.165, 1.54) is 0 Å². The Morgan fingerprint density at radius 1 is 1.12 bits per heavy atom. The normalized spacial score (nSPS) is 18.4. The molecule has 26 heavy (non-hydrogen) atoms. The molecule has 1 fully saturated rings. The summed E-state index contributed by atoms with van der Waals surface area (Å²) in [6.45, 7) is 2.56.